The lowest BCUT2D eigenvalue weighted by Gasteiger charge is -2.22. The molecule has 1 aliphatic heterocycles. The highest BCUT2D eigenvalue weighted by molar-refractivity contribution is 6.07. The van der Waals surface area contributed by atoms with Crippen molar-refractivity contribution in [2.45, 2.75) is 38.8 Å². The van der Waals surface area contributed by atoms with E-state index in [9.17, 15) is 24.3 Å². The molecule has 0 aliphatic carbocycles. The van der Waals surface area contributed by atoms with Crippen LogP contribution in [0.25, 0.3) is 0 Å². The lowest BCUT2D eigenvalue weighted by Crippen LogP contribution is -2.42. The highest BCUT2D eigenvalue weighted by atomic mass is 16.4. The van der Waals surface area contributed by atoms with Crippen LogP contribution in [0.5, 0.6) is 0 Å². The molecule has 2 atom stereocenters. The van der Waals surface area contributed by atoms with Gasteiger partial charge in [0, 0.05) is 5.56 Å². The van der Waals surface area contributed by atoms with E-state index in [-0.39, 0.29) is 11.5 Å². The molecule has 1 aromatic carbocycles. The van der Waals surface area contributed by atoms with Crippen molar-refractivity contribution in [1.29, 1.82) is 0 Å². The number of urea groups is 1. The molecule has 4 N–H and O–H groups in total. The van der Waals surface area contributed by atoms with Gasteiger partial charge in [0.25, 0.3) is 11.8 Å². The average Bonchev–Trinajstić information content (AvgIpc) is 2.79. The molecule has 1 saturated heterocycles. The van der Waals surface area contributed by atoms with Crippen LogP contribution < -0.4 is 16.0 Å². The van der Waals surface area contributed by atoms with E-state index >= 15 is 0 Å². The third-order valence-corrected chi connectivity index (χ3v) is 4.06. The Kier molecular flexibility index (Phi) is 5.10. The number of carboxylic acid groups (broad SMARTS) is 1. The number of benzene rings is 1. The highest BCUT2D eigenvalue weighted by Gasteiger charge is 2.43. The van der Waals surface area contributed by atoms with Crippen molar-refractivity contribution in [3.05, 3.63) is 35.4 Å². The fourth-order valence-corrected chi connectivity index (χ4v) is 2.65. The minimum atomic E-state index is -1.28. The smallest absolute Gasteiger partial charge is 0.326 e. The van der Waals surface area contributed by atoms with Gasteiger partial charge in [0.1, 0.15) is 11.6 Å². The molecule has 2 unspecified atom stereocenters. The SMILES string of the molecule is CC(C)CC(NC(=O)c1cccc(C2(C)NC(=O)NC2=O)c1)C(=O)O. The first-order valence-electron chi connectivity index (χ1n) is 7.91. The van der Waals surface area contributed by atoms with E-state index in [4.69, 9.17) is 0 Å². The van der Waals surface area contributed by atoms with Crippen LogP contribution in [0.3, 0.4) is 0 Å². The lowest BCUT2D eigenvalue weighted by atomic mass is 9.91. The number of nitrogens with one attached hydrogen (secondary N) is 3. The molecule has 4 amide bonds. The van der Waals surface area contributed by atoms with E-state index in [1.54, 1.807) is 12.1 Å². The highest BCUT2D eigenvalue weighted by Crippen LogP contribution is 2.25. The summed E-state index contributed by atoms with van der Waals surface area (Å²) in [5, 5.41) is 16.4. The van der Waals surface area contributed by atoms with Crippen molar-refractivity contribution < 1.29 is 24.3 Å². The van der Waals surface area contributed by atoms with Crippen LogP contribution in [0, 0.1) is 5.92 Å². The van der Waals surface area contributed by atoms with Gasteiger partial charge in [-0.15, -0.1) is 0 Å². The van der Waals surface area contributed by atoms with Crippen molar-refractivity contribution in [2.75, 3.05) is 0 Å². The lowest BCUT2D eigenvalue weighted by molar-refractivity contribution is -0.139. The van der Waals surface area contributed by atoms with Crippen molar-refractivity contribution in [3.8, 4) is 0 Å². The first-order chi connectivity index (χ1) is 11.6. The topological polar surface area (TPSA) is 125 Å². The van der Waals surface area contributed by atoms with Crippen LogP contribution in [0.2, 0.25) is 0 Å². The molecule has 1 aliphatic rings. The fraction of sp³-hybridized carbons (Fsp3) is 0.412. The summed E-state index contributed by atoms with van der Waals surface area (Å²) in [6, 6.07) is 4.57. The molecule has 2 rings (SSSR count). The molecular formula is C17H21N3O5. The number of imide groups is 1. The Balaban J connectivity index is 2.23. The molecular weight excluding hydrogens is 326 g/mol. The molecule has 25 heavy (non-hydrogen) atoms. The molecule has 0 radical (unpaired) electrons. The van der Waals surface area contributed by atoms with Crippen LogP contribution in [0.15, 0.2) is 24.3 Å². The van der Waals surface area contributed by atoms with Gasteiger partial charge in [-0.2, -0.15) is 0 Å². The second kappa shape index (κ2) is 6.92. The molecule has 0 spiro atoms. The number of carboxylic acids is 1. The predicted octanol–water partition coefficient (Wildman–Crippen LogP) is 0.970. The van der Waals surface area contributed by atoms with E-state index < -0.39 is 35.4 Å². The third kappa shape index (κ3) is 3.96. The summed E-state index contributed by atoms with van der Waals surface area (Å²) < 4.78 is 0. The molecule has 1 fully saturated rings. The minimum Gasteiger partial charge on any atom is -0.480 e. The predicted molar refractivity (Wildman–Crippen MR) is 88.8 cm³/mol. The summed E-state index contributed by atoms with van der Waals surface area (Å²) in [6.45, 7) is 5.26. The maximum atomic E-state index is 12.4. The minimum absolute atomic E-state index is 0.101. The van der Waals surface area contributed by atoms with Crippen LogP contribution in [-0.2, 0) is 15.1 Å². The molecule has 0 saturated carbocycles. The summed E-state index contributed by atoms with van der Waals surface area (Å²) in [5.74, 6) is -2.07. The standard InChI is InChI=1S/C17H21N3O5/c1-9(2)7-12(14(22)23)18-13(21)10-5-4-6-11(8-10)17(3)15(24)19-16(25)20-17/h4-6,8-9,12H,7H2,1-3H3,(H,18,21)(H,22,23)(H2,19,20,24,25). The summed E-state index contributed by atoms with van der Waals surface area (Å²) in [7, 11) is 0. The zero-order valence-electron chi connectivity index (χ0n) is 14.3. The van der Waals surface area contributed by atoms with Gasteiger partial charge in [-0.1, -0.05) is 26.0 Å². The molecule has 8 heteroatoms. The Morgan fingerprint density at radius 1 is 1.28 bits per heavy atom. The Labute approximate surface area is 145 Å². The zero-order chi connectivity index (χ0) is 18.8. The number of hydrogen-bond donors (Lipinski definition) is 4. The van der Waals surface area contributed by atoms with Gasteiger partial charge in [0.05, 0.1) is 0 Å². The van der Waals surface area contributed by atoms with Crippen LogP contribution in [-0.4, -0.2) is 35.0 Å². The van der Waals surface area contributed by atoms with Crippen molar-refractivity contribution >= 4 is 23.8 Å². The molecule has 1 heterocycles. The molecule has 0 aromatic heterocycles. The van der Waals surface area contributed by atoms with E-state index in [0.29, 0.717) is 12.0 Å². The summed E-state index contributed by atoms with van der Waals surface area (Å²) in [5.41, 5.74) is -0.640. The summed E-state index contributed by atoms with van der Waals surface area (Å²) in [4.78, 5) is 47.1. The molecule has 1 aromatic rings. The van der Waals surface area contributed by atoms with Gasteiger partial charge in [0.15, 0.2) is 0 Å². The van der Waals surface area contributed by atoms with Gasteiger partial charge in [-0.3, -0.25) is 14.9 Å². The third-order valence-electron chi connectivity index (χ3n) is 4.06. The van der Waals surface area contributed by atoms with Crippen LogP contribution in [0.1, 0.15) is 43.1 Å². The van der Waals surface area contributed by atoms with Gasteiger partial charge in [-0.25, -0.2) is 9.59 Å². The second-order valence-corrected chi connectivity index (χ2v) is 6.61. The molecule has 8 nitrogen and oxygen atoms in total. The number of hydrogen-bond acceptors (Lipinski definition) is 4. The van der Waals surface area contributed by atoms with E-state index in [1.807, 2.05) is 13.8 Å². The fourth-order valence-electron chi connectivity index (χ4n) is 2.65. The van der Waals surface area contributed by atoms with Gasteiger partial charge in [-0.05, 0) is 37.0 Å². The first-order valence-corrected chi connectivity index (χ1v) is 7.91. The summed E-state index contributed by atoms with van der Waals surface area (Å²) in [6.07, 6.45) is 0.303. The van der Waals surface area contributed by atoms with Crippen LogP contribution in [0.4, 0.5) is 4.79 Å². The number of rotatable bonds is 6. The van der Waals surface area contributed by atoms with Crippen molar-refractivity contribution in [3.63, 3.8) is 0 Å². The van der Waals surface area contributed by atoms with E-state index in [0.717, 1.165) is 0 Å². The maximum absolute atomic E-state index is 12.4. The Bertz CT molecular complexity index is 731. The summed E-state index contributed by atoms with van der Waals surface area (Å²) >= 11 is 0. The Morgan fingerprint density at radius 2 is 1.96 bits per heavy atom. The quantitative estimate of drug-likeness (QED) is 0.571. The number of carbonyl (C=O) groups excluding carboxylic acids is 3. The zero-order valence-corrected chi connectivity index (χ0v) is 14.3. The Hall–Kier alpha value is -2.90. The van der Waals surface area contributed by atoms with Gasteiger partial charge >= 0.3 is 12.0 Å². The van der Waals surface area contributed by atoms with Crippen molar-refractivity contribution in [2.24, 2.45) is 5.92 Å². The van der Waals surface area contributed by atoms with E-state index in [2.05, 4.69) is 16.0 Å². The largest absolute Gasteiger partial charge is 0.480 e. The van der Waals surface area contributed by atoms with Gasteiger partial charge < -0.3 is 15.7 Å². The number of carbonyl (C=O) groups is 4. The second-order valence-electron chi connectivity index (χ2n) is 6.61. The molecule has 0 bridgehead atoms. The average molecular weight is 347 g/mol. The number of amides is 4. The maximum Gasteiger partial charge on any atom is 0.326 e. The normalized spacial score (nSPS) is 20.8. The monoisotopic (exact) mass is 347 g/mol. The Morgan fingerprint density at radius 3 is 2.48 bits per heavy atom. The van der Waals surface area contributed by atoms with E-state index in [1.165, 1.54) is 19.1 Å². The van der Waals surface area contributed by atoms with Crippen molar-refractivity contribution in [1.82, 2.24) is 16.0 Å². The van der Waals surface area contributed by atoms with Crippen LogP contribution >= 0.6 is 0 Å². The molecule has 134 valence electrons. The first kappa shape index (κ1) is 18.4. The number of aliphatic carboxylic acids is 1. The van der Waals surface area contributed by atoms with Gasteiger partial charge in [0.2, 0.25) is 0 Å².